The van der Waals surface area contributed by atoms with E-state index < -0.39 is 0 Å². The molecule has 1 fully saturated rings. The van der Waals surface area contributed by atoms with E-state index in [0.717, 1.165) is 32.1 Å². The van der Waals surface area contributed by atoms with Crippen molar-refractivity contribution in [1.82, 2.24) is 0 Å². The summed E-state index contributed by atoms with van der Waals surface area (Å²) in [5.41, 5.74) is 0. The van der Waals surface area contributed by atoms with Crippen LogP contribution in [0.1, 0.15) is 84.0 Å². The number of allylic oxidation sites excluding steroid dienone is 1. The van der Waals surface area contributed by atoms with Crippen LogP contribution in [-0.2, 0) is 19.1 Å². The molecule has 0 N–H and O–H groups in total. The lowest BCUT2D eigenvalue weighted by molar-refractivity contribution is -0.154. The molecule has 0 aromatic heterocycles. The Balaban J connectivity index is 2.15. The molecule has 1 rings (SSSR count). The lowest BCUT2D eigenvalue weighted by Crippen LogP contribution is -2.29. The predicted octanol–water partition coefficient (Wildman–Crippen LogP) is 5.21. The summed E-state index contributed by atoms with van der Waals surface area (Å²) >= 11 is 0. The molecule has 0 amide bonds. The van der Waals surface area contributed by atoms with E-state index in [4.69, 9.17) is 4.74 Å². The summed E-state index contributed by atoms with van der Waals surface area (Å²) in [6.07, 6.45) is 17.1. The van der Waals surface area contributed by atoms with E-state index >= 15 is 0 Å². The molecule has 0 radical (unpaired) electrons. The molecule has 0 bridgehead atoms. The van der Waals surface area contributed by atoms with E-state index in [1.807, 2.05) is 6.08 Å². The van der Waals surface area contributed by atoms with Crippen molar-refractivity contribution in [2.45, 2.75) is 84.0 Å². The number of ether oxygens (including phenoxy) is 2. The van der Waals surface area contributed by atoms with Crippen molar-refractivity contribution >= 4 is 11.9 Å². The molecular formula is C21H36O4. The monoisotopic (exact) mass is 352 g/mol. The fourth-order valence-electron chi connectivity index (χ4n) is 3.30. The topological polar surface area (TPSA) is 52.6 Å². The van der Waals surface area contributed by atoms with Gasteiger partial charge < -0.3 is 9.47 Å². The van der Waals surface area contributed by atoms with Crippen molar-refractivity contribution in [2.75, 3.05) is 13.7 Å². The second kappa shape index (κ2) is 13.9. The quantitative estimate of drug-likeness (QED) is 0.259. The Morgan fingerprint density at radius 3 is 2.68 bits per heavy atom. The van der Waals surface area contributed by atoms with Crippen LogP contribution >= 0.6 is 0 Å². The standard InChI is InChI=1S/C21H36O4/c1-3-4-5-7-10-13-18-16-19(21(23)25-17-18)14-11-8-6-9-12-15-20(22)24-2/h11,14,18-19H,3-10,12-13,15-17H2,1-2H3/b14-11+. The van der Waals surface area contributed by atoms with E-state index in [2.05, 4.69) is 17.7 Å². The number of rotatable bonds is 13. The van der Waals surface area contributed by atoms with Crippen LogP contribution in [0.15, 0.2) is 12.2 Å². The molecule has 4 nitrogen and oxygen atoms in total. The molecule has 0 saturated carbocycles. The molecule has 0 spiro atoms. The van der Waals surface area contributed by atoms with E-state index in [9.17, 15) is 9.59 Å². The van der Waals surface area contributed by atoms with Crippen LogP contribution in [0.2, 0.25) is 0 Å². The summed E-state index contributed by atoms with van der Waals surface area (Å²) in [5.74, 6) is 0.254. The third-order valence-corrected chi connectivity index (χ3v) is 4.91. The summed E-state index contributed by atoms with van der Waals surface area (Å²) in [6.45, 7) is 2.83. The van der Waals surface area contributed by atoms with E-state index in [1.54, 1.807) is 0 Å². The molecule has 2 unspecified atom stereocenters. The maximum atomic E-state index is 11.9. The number of carbonyl (C=O) groups excluding carboxylic acids is 2. The minimum Gasteiger partial charge on any atom is -0.469 e. The largest absolute Gasteiger partial charge is 0.469 e. The number of carbonyl (C=O) groups is 2. The normalized spacial score (nSPS) is 20.6. The Labute approximate surface area is 153 Å². The van der Waals surface area contributed by atoms with Gasteiger partial charge in [-0.1, -0.05) is 57.6 Å². The minimum absolute atomic E-state index is 0.0653. The van der Waals surface area contributed by atoms with Crippen LogP contribution in [0.5, 0.6) is 0 Å². The smallest absolute Gasteiger partial charge is 0.312 e. The Hall–Kier alpha value is -1.32. The summed E-state index contributed by atoms with van der Waals surface area (Å²) in [4.78, 5) is 22.9. The molecule has 1 aliphatic heterocycles. The molecule has 2 atom stereocenters. The molecule has 0 aromatic carbocycles. The number of unbranched alkanes of at least 4 members (excludes halogenated alkanes) is 7. The van der Waals surface area contributed by atoms with Gasteiger partial charge in [-0.05, 0) is 38.0 Å². The first kappa shape index (κ1) is 21.7. The highest BCUT2D eigenvalue weighted by Gasteiger charge is 2.28. The number of esters is 2. The Morgan fingerprint density at radius 2 is 1.92 bits per heavy atom. The van der Waals surface area contributed by atoms with Gasteiger partial charge in [0.1, 0.15) is 0 Å². The lowest BCUT2D eigenvalue weighted by Gasteiger charge is -2.26. The minimum atomic E-state index is -0.138. The van der Waals surface area contributed by atoms with Gasteiger partial charge in [-0.15, -0.1) is 0 Å². The van der Waals surface area contributed by atoms with E-state index in [-0.39, 0.29) is 17.9 Å². The van der Waals surface area contributed by atoms with Crippen LogP contribution in [-0.4, -0.2) is 25.7 Å². The van der Waals surface area contributed by atoms with Gasteiger partial charge in [0, 0.05) is 6.42 Å². The van der Waals surface area contributed by atoms with Crippen molar-refractivity contribution in [2.24, 2.45) is 11.8 Å². The molecule has 1 saturated heterocycles. The second-order valence-corrected chi connectivity index (χ2v) is 7.14. The Morgan fingerprint density at radius 1 is 1.16 bits per heavy atom. The van der Waals surface area contributed by atoms with Gasteiger partial charge in [-0.25, -0.2) is 0 Å². The number of methoxy groups -OCH3 is 1. The lowest BCUT2D eigenvalue weighted by atomic mass is 9.88. The van der Waals surface area contributed by atoms with Crippen molar-refractivity contribution in [1.29, 1.82) is 0 Å². The van der Waals surface area contributed by atoms with Crippen LogP contribution < -0.4 is 0 Å². The van der Waals surface area contributed by atoms with Gasteiger partial charge in [0.15, 0.2) is 0 Å². The highest BCUT2D eigenvalue weighted by molar-refractivity contribution is 5.75. The Bertz CT molecular complexity index is 403. The van der Waals surface area contributed by atoms with Crippen molar-refractivity contribution in [3.05, 3.63) is 12.2 Å². The van der Waals surface area contributed by atoms with Crippen LogP contribution in [0.4, 0.5) is 0 Å². The van der Waals surface area contributed by atoms with E-state index in [0.29, 0.717) is 18.9 Å². The number of hydrogen-bond acceptors (Lipinski definition) is 4. The van der Waals surface area contributed by atoms with Gasteiger partial charge in [0.05, 0.1) is 19.6 Å². The van der Waals surface area contributed by atoms with Gasteiger partial charge >= 0.3 is 11.9 Å². The van der Waals surface area contributed by atoms with Crippen molar-refractivity contribution in [3.8, 4) is 0 Å². The summed E-state index contributed by atoms with van der Waals surface area (Å²) in [6, 6.07) is 0. The van der Waals surface area contributed by atoms with Gasteiger partial charge in [-0.3, -0.25) is 9.59 Å². The highest BCUT2D eigenvalue weighted by Crippen LogP contribution is 2.26. The van der Waals surface area contributed by atoms with Gasteiger partial charge in [-0.2, -0.15) is 0 Å². The van der Waals surface area contributed by atoms with Crippen LogP contribution in [0.25, 0.3) is 0 Å². The SMILES string of the molecule is CCCCCCCC1COC(=O)C(/C=C/CCCCCC(=O)OC)C1. The fraction of sp³-hybridized carbons (Fsp3) is 0.810. The van der Waals surface area contributed by atoms with Crippen molar-refractivity contribution < 1.29 is 19.1 Å². The molecule has 4 heteroatoms. The maximum absolute atomic E-state index is 11.9. The molecule has 25 heavy (non-hydrogen) atoms. The van der Waals surface area contributed by atoms with Gasteiger partial charge in [0.25, 0.3) is 0 Å². The first-order valence-electron chi connectivity index (χ1n) is 10.1. The molecule has 0 aliphatic carbocycles. The fourth-order valence-corrected chi connectivity index (χ4v) is 3.30. The van der Waals surface area contributed by atoms with Crippen LogP contribution in [0, 0.1) is 11.8 Å². The Kier molecular flexibility index (Phi) is 12.1. The zero-order valence-corrected chi connectivity index (χ0v) is 16.1. The molecule has 1 heterocycles. The first-order valence-corrected chi connectivity index (χ1v) is 10.1. The highest BCUT2D eigenvalue weighted by atomic mass is 16.5. The first-order chi connectivity index (χ1) is 12.2. The number of cyclic esters (lactones) is 1. The maximum Gasteiger partial charge on any atom is 0.312 e. The summed E-state index contributed by atoms with van der Waals surface area (Å²) in [5, 5.41) is 0. The summed E-state index contributed by atoms with van der Waals surface area (Å²) in [7, 11) is 1.42. The van der Waals surface area contributed by atoms with E-state index in [1.165, 1.54) is 45.6 Å². The zero-order valence-electron chi connectivity index (χ0n) is 16.1. The summed E-state index contributed by atoms with van der Waals surface area (Å²) < 4.78 is 10.00. The predicted molar refractivity (Wildman–Crippen MR) is 100 cm³/mol. The second-order valence-electron chi connectivity index (χ2n) is 7.14. The third kappa shape index (κ3) is 10.3. The molecular weight excluding hydrogens is 316 g/mol. The van der Waals surface area contributed by atoms with Crippen LogP contribution in [0.3, 0.4) is 0 Å². The molecule has 1 aliphatic rings. The third-order valence-electron chi connectivity index (χ3n) is 4.91. The van der Waals surface area contributed by atoms with Crippen molar-refractivity contribution in [3.63, 3.8) is 0 Å². The zero-order chi connectivity index (χ0) is 18.3. The number of hydrogen-bond donors (Lipinski definition) is 0. The average molecular weight is 353 g/mol. The average Bonchev–Trinajstić information content (AvgIpc) is 2.62. The van der Waals surface area contributed by atoms with Gasteiger partial charge in [0.2, 0.25) is 0 Å². The molecule has 144 valence electrons. The molecule has 0 aromatic rings.